The first-order valence-corrected chi connectivity index (χ1v) is 12.4. The molecule has 3 heterocycles. The number of hydrogen-bond acceptors (Lipinski definition) is 5. The maximum absolute atomic E-state index is 14.3. The number of ether oxygens (including phenoxy) is 1. The second kappa shape index (κ2) is 10.7. The fraction of sp³-hybridized carbons (Fsp3) is 0.600. The van der Waals surface area contributed by atoms with Crippen molar-refractivity contribution >= 4 is 11.8 Å². The van der Waals surface area contributed by atoms with Crippen LogP contribution in [0.15, 0.2) is 18.3 Å². The lowest BCUT2D eigenvalue weighted by Gasteiger charge is -2.41. The minimum absolute atomic E-state index is 0.0235. The third-order valence-electron chi connectivity index (χ3n) is 7.56. The fourth-order valence-electron chi connectivity index (χ4n) is 5.32. The number of likely N-dealkylation sites (tertiary alicyclic amines) is 1. The molecule has 0 radical (unpaired) electrons. The molecule has 3 atom stereocenters. The van der Waals surface area contributed by atoms with Crippen LogP contribution in [-0.4, -0.2) is 63.8 Å². The third kappa shape index (κ3) is 5.88. The van der Waals surface area contributed by atoms with Crippen molar-refractivity contribution in [1.82, 2.24) is 25.4 Å². The van der Waals surface area contributed by atoms with E-state index in [1.807, 2.05) is 13.8 Å². The maximum atomic E-state index is 14.3. The summed E-state index contributed by atoms with van der Waals surface area (Å²) in [6, 6.07) is 2.34. The first-order chi connectivity index (χ1) is 17.5. The van der Waals surface area contributed by atoms with E-state index < -0.39 is 17.9 Å². The Hall–Kier alpha value is -3.18. The van der Waals surface area contributed by atoms with Gasteiger partial charge in [-0.15, -0.1) is 0 Å². The predicted molar refractivity (Wildman–Crippen MR) is 126 cm³/mol. The van der Waals surface area contributed by atoms with Crippen LogP contribution in [0.1, 0.15) is 56.4 Å². The lowest BCUT2D eigenvalue weighted by Crippen LogP contribution is -2.53. The average Bonchev–Trinajstić information content (AvgIpc) is 3.35. The molecule has 202 valence electrons. The van der Waals surface area contributed by atoms with E-state index in [1.54, 1.807) is 4.90 Å². The summed E-state index contributed by atoms with van der Waals surface area (Å²) in [4.78, 5) is 31.7. The molecule has 2 N–H and O–H groups in total. The highest BCUT2D eigenvalue weighted by atomic mass is 19.4. The number of hydrogen-bond donors (Lipinski definition) is 2. The molecule has 1 aliphatic heterocycles. The first kappa shape index (κ1) is 26.9. The summed E-state index contributed by atoms with van der Waals surface area (Å²) in [7, 11) is 1.41. The van der Waals surface area contributed by atoms with Crippen LogP contribution in [0.5, 0.6) is 5.88 Å². The number of alkyl halides is 3. The molecule has 2 aliphatic rings. The van der Waals surface area contributed by atoms with Gasteiger partial charge in [-0.1, -0.05) is 6.92 Å². The van der Waals surface area contributed by atoms with Gasteiger partial charge in [-0.25, -0.2) is 9.37 Å². The van der Waals surface area contributed by atoms with Gasteiger partial charge in [0.2, 0.25) is 11.8 Å². The van der Waals surface area contributed by atoms with E-state index in [2.05, 4.69) is 20.5 Å². The number of pyridine rings is 1. The summed E-state index contributed by atoms with van der Waals surface area (Å²) in [5, 5.41) is 9.70. The van der Waals surface area contributed by atoms with Crippen LogP contribution < -0.4 is 10.1 Å². The second-order valence-electron chi connectivity index (χ2n) is 10.1. The Kier molecular flexibility index (Phi) is 7.75. The van der Waals surface area contributed by atoms with Crippen LogP contribution in [0.4, 0.5) is 17.6 Å². The molecular formula is C25H31F4N5O3. The summed E-state index contributed by atoms with van der Waals surface area (Å²) in [5.41, 5.74) is 0.563. The SMILES string of the molecule is COc1cc(-c2cc(C(=O)N3CC(C)C(C(=O)NC4CCC(C(F)(F)F)CC4)CC3C)[nH]n2)c(F)cn1. The fourth-order valence-corrected chi connectivity index (χ4v) is 5.32. The van der Waals surface area contributed by atoms with Gasteiger partial charge >= 0.3 is 6.18 Å². The molecule has 8 nitrogen and oxygen atoms in total. The number of carbonyl (C=O) groups excluding carboxylic acids is 2. The van der Waals surface area contributed by atoms with Crippen LogP contribution >= 0.6 is 0 Å². The quantitative estimate of drug-likeness (QED) is 0.566. The number of nitrogens with zero attached hydrogens (tertiary/aromatic N) is 3. The van der Waals surface area contributed by atoms with E-state index in [0.29, 0.717) is 25.8 Å². The first-order valence-electron chi connectivity index (χ1n) is 12.4. The number of methoxy groups -OCH3 is 1. The zero-order valence-corrected chi connectivity index (χ0v) is 20.9. The number of nitrogens with one attached hydrogen (secondary N) is 2. The zero-order chi connectivity index (χ0) is 26.9. The molecule has 1 saturated heterocycles. The van der Waals surface area contributed by atoms with Gasteiger partial charge < -0.3 is 15.0 Å². The zero-order valence-electron chi connectivity index (χ0n) is 20.9. The molecule has 1 saturated carbocycles. The minimum Gasteiger partial charge on any atom is -0.481 e. The van der Waals surface area contributed by atoms with Crippen molar-refractivity contribution in [1.29, 1.82) is 0 Å². The summed E-state index contributed by atoms with van der Waals surface area (Å²) < 4.78 is 58.1. The Morgan fingerprint density at radius 3 is 2.51 bits per heavy atom. The van der Waals surface area contributed by atoms with Crippen molar-refractivity contribution in [3.05, 3.63) is 29.8 Å². The Balaban J connectivity index is 1.37. The molecular weight excluding hydrogens is 494 g/mol. The van der Waals surface area contributed by atoms with Crippen molar-refractivity contribution in [2.75, 3.05) is 13.7 Å². The van der Waals surface area contributed by atoms with Crippen LogP contribution in [-0.2, 0) is 4.79 Å². The summed E-state index contributed by atoms with van der Waals surface area (Å²) in [6.07, 6.45) is -2.08. The Bertz CT molecular complexity index is 1130. The molecule has 0 aromatic carbocycles. The predicted octanol–water partition coefficient (Wildman–Crippen LogP) is 4.34. The van der Waals surface area contributed by atoms with Crippen molar-refractivity contribution in [3.8, 4) is 17.1 Å². The number of aromatic amines is 1. The molecule has 0 spiro atoms. The normalized spacial score (nSPS) is 26.6. The lowest BCUT2D eigenvalue weighted by atomic mass is 9.81. The summed E-state index contributed by atoms with van der Waals surface area (Å²) in [6.45, 7) is 4.06. The van der Waals surface area contributed by atoms with Gasteiger partial charge in [-0.05, 0) is 51.0 Å². The molecule has 2 aromatic heterocycles. The Labute approximate surface area is 212 Å². The molecule has 2 aromatic rings. The van der Waals surface area contributed by atoms with Gasteiger partial charge in [0.1, 0.15) is 5.69 Å². The Morgan fingerprint density at radius 2 is 1.86 bits per heavy atom. The second-order valence-corrected chi connectivity index (χ2v) is 10.1. The highest BCUT2D eigenvalue weighted by molar-refractivity contribution is 5.94. The lowest BCUT2D eigenvalue weighted by molar-refractivity contribution is -0.182. The molecule has 4 rings (SSSR count). The van der Waals surface area contributed by atoms with Gasteiger partial charge in [0.25, 0.3) is 5.91 Å². The molecule has 3 unspecified atom stereocenters. The van der Waals surface area contributed by atoms with Gasteiger partial charge in [0.15, 0.2) is 5.82 Å². The monoisotopic (exact) mass is 525 g/mol. The smallest absolute Gasteiger partial charge is 0.391 e. The number of H-pyrrole nitrogens is 1. The summed E-state index contributed by atoms with van der Waals surface area (Å²) in [5.74, 6) is -2.69. The largest absolute Gasteiger partial charge is 0.481 e. The van der Waals surface area contributed by atoms with Crippen molar-refractivity contribution < 1.29 is 31.9 Å². The maximum Gasteiger partial charge on any atom is 0.391 e. The molecule has 12 heteroatoms. The van der Waals surface area contributed by atoms with E-state index >= 15 is 0 Å². The van der Waals surface area contributed by atoms with Crippen LogP contribution in [0.25, 0.3) is 11.3 Å². The van der Waals surface area contributed by atoms with E-state index in [4.69, 9.17) is 4.74 Å². The molecule has 2 fully saturated rings. The van der Waals surface area contributed by atoms with E-state index in [-0.39, 0.29) is 71.4 Å². The number of amides is 2. The molecule has 0 bridgehead atoms. The van der Waals surface area contributed by atoms with E-state index in [9.17, 15) is 27.2 Å². The standard InChI is InChI=1S/C25H31F4N5O3/c1-13-12-34(24(36)21-10-20(32-33-21)18-9-22(37-3)30-11-19(18)26)14(2)8-17(13)23(35)31-16-6-4-15(5-7-16)25(27,28)29/h9-11,13-17H,4-8,12H2,1-3H3,(H,31,35)(H,32,33). The number of aromatic nitrogens is 3. The van der Waals surface area contributed by atoms with Crippen molar-refractivity contribution in [3.63, 3.8) is 0 Å². The highest BCUT2D eigenvalue weighted by Crippen LogP contribution is 2.38. The van der Waals surface area contributed by atoms with Gasteiger partial charge in [0, 0.05) is 36.2 Å². The van der Waals surface area contributed by atoms with Crippen molar-refractivity contribution in [2.24, 2.45) is 17.8 Å². The number of halogens is 4. The topological polar surface area (TPSA) is 100 Å². The number of piperidine rings is 1. The average molecular weight is 526 g/mol. The van der Waals surface area contributed by atoms with Gasteiger partial charge in [-0.2, -0.15) is 18.3 Å². The minimum atomic E-state index is -4.19. The van der Waals surface area contributed by atoms with Gasteiger partial charge in [-0.3, -0.25) is 14.7 Å². The number of rotatable bonds is 5. The van der Waals surface area contributed by atoms with Crippen LogP contribution in [0.2, 0.25) is 0 Å². The molecule has 37 heavy (non-hydrogen) atoms. The molecule has 1 aliphatic carbocycles. The van der Waals surface area contributed by atoms with E-state index in [0.717, 1.165) is 6.20 Å². The van der Waals surface area contributed by atoms with Crippen LogP contribution in [0.3, 0.4) is 0 Å². The van der Waals surface area contributed by atoms with E-state index in [1.165, 1.54) is 19.2 Å². The molecule has 2 amide bonds. The van der Waals surface area contributed by atoms with Gasteiger partial charge in [0.05, 0.1) is 24.9 Å². The van der Waals surface area contributed by atoms with Crippen LogP contribution in [0, 0.1) is 23.6 Å². The summed E-state index contributed by atoms with van der Waals surface area (Å²) >= 11 is 0. The van der Waals surface area contributed by atoms with Crippen molar-refractivity contribution in [2.45, 2.75) is 64.2 Å². The highest BCUT2D eigenvalue weighted by Gasteiger charge is 2.43. The number of carbonyl (C=O) groups is 2. The Morgan fingerprint density at radius 1 is 1.16 bits per heavy atom. The third-order valence-corrected chi connectivity index (χ3v) is 7.56.